The molecular formula is C17H17F3N4OS. The summed E-state index contributed by atoms with van der Waals surface area (Å²) in [6, 6.07) is 1.70. The van der Waals surface area contributed by atoms with Crippen molar-refractivity contribution in [2.24, 2.45) is 4.99 Å². The zero-order chi connectivity index (χ0) is 19.2. The molecule has 0 saturated heterocycles. The van der Waals surface area contributed by atoms with Gasteiger partial charge in [-0.2, -0.15) is 13.2 Å². The molecule has 0 aromatic carbocycles. The number of aromatic nitrogens is 1. The number of fused-ring (bicyclic) bond motifs is 3. The van der Waals surface area contributed by atoms with E-state index in [2.05, 4.69) is 9.98 Å². The molecule has 0 N–H and O–H groups in total. The standard InChI is InChI=1S/C17H17F3N4OS/c1-5-9(2)24-8-11(25)14-13(22-16(24)17(18,19)20)12-10(23(3)4)6-7-21-15(12)26-14/h5-7H,8H2,1-4H3/b9-5+. The number of hydrogen-bond acceptors (Lipinski definition) is 6. The van der Waals surface area contributed by atoms with Gasteiger partial charge in [0.15, 0.2) is 5.78 Å². The highest BCUT2D eigenvalue weighted by Gasteiger charge is 2.43. The van der Waals surface area contributed by atoms with Crippen LogP contribution >= 0.6 is 11.3 Å². The van der Waals surface area contributed by atoms with Gasteiger partial charge in [0, 0.05) is 26.0 Å². The molecule has 0 amide bonds. The quantitative estimate of drug-likeness (QED) is 0.774. The zero-order valence-corrected chi connectivity index (χ0v) is 15.5. The summed E-state index contributed by atoms with van der Waals surface area (Å²) in [6.45, 7) is 2.74. The van der Waals surface area contributed by atoms with Crippen LogP contribution in [0.2, 0.25) is 0 Å². The minimum absolute atomic E-state index is 0.0468. The van der Waals surface area contributed by atoms with Crippen molar-refractivity contribution in [3.05, 3.63) is 28.9 Å². The number of halogens is 3. The van der Waals surface area contributed by atoms with Crippen LogP contribution in [0.15, 0.2) is 29.0 Å². The first-order valence-corrected chi connectivity index (χ1v) is 8.65. The van der Waals surface area contributed by atoms with E-state index in [1.54, 1.807) is 38.2 Å². The minimum Gasteiger partial charge on any atom is -0.377 e. The summed E-state index contributed by atoms with van der Waals surface area (Å²) in [5, 5.41) is 0.465. The molecule has 2 aromatic rings. The van der Waals surface area contributed by atoms with Crippen molar-refractivity contribution in [1.29, 1.82) is 0 Å². The van der Waals surface area contributed by atoms with Crippen molar-refractivity contribution in [3.63, 3.8) is 0 Å². The first-order chi connectivity index (χ1) is 12.1. The number of carbonyl (C=O) groups is 1. The van der Waals surface area contributed by atoms with Gasteiger partial charge in [-0.3, -0.25) is 4.79 Å². The van der Waals surface area contributed by atoms with Crippen molar-refractivity contribution >= 4 is 44.5 Å². The third-order valence-corrected chi connectivity index (χ3v) is 5.28. The second kappa shape index (κ2) is 6.39. The molecule has 5 nitrogen and oxygen atoms in total. The molecule has 1 aliphatic rings. The fraction of sp³-hybridized carbons (Fsp3) is 0.353. The van der Waals surface area contributed by atoms with Crippen LogP contribution in [-0.2, 0) is 0 Å². The van der Waals surface area contributed by atoms with E-state index in [0.29, 0.717) is 21.6 Å². The Labute approximate surface area is 152 Å². The van der Waals surface area contributed by atoms with Gasteiger partial charge in [0.25, 0.3) is 0 Å². The lowest BCUT2D eigenvalue weighted by atomic mass is 10.2. The Morgan fingerprint density at radius 1 is 1.38 bits per heavy atom. The van der Waals surface area contributed by atoms with Crippen molar-refractivity contribution in [3.8, 4) is 0 Å². The molecule has 26 heavy (non-hydrogen) atoms. The van der Waals surface area contributed by atoms with Gasteiger partial charge in [0.1, 0.15) is 9.71 Å². The van der Waals surface area contributed by atoms with Crippen LogP contribution in [0.4, 0.5) is 24.5 Å². The fourth-order valence-corrected chi connectivity index (χ4v) is 3.81. The summed E-state index contributed by atoms with van der Waals surface area (Å²) in [5.74, 6) is -1.50. The predicted octanol–water partition coefficient (Wildman–Crippen LogP) is 4.38. The Kier molecular flexibility index (Phi) is 4.51. The number of amidine groups is 1. The maximum Gasteiger partial charge on any atom is 0.449 e. The molecular weight excluding hydrogens is 365 g/mol. The van der Waals surface area contributed by atoms with E-state index >= 15 is 0 Å². The average molecular weight is 382 g/mol. The first kappa shape index (κ1) is 18.4. The predicted molar refractivity (Wildman–Crippen MR) is 97.6 cm³/mol. The van der Waals surface area contributed by atoms with Crippen molar-refractivity contribution in [1.82, 2.24) is 9.88 Å². The molecule has 0 aliphatic carbocycles. The molecule has 0 radical (unpaired) electrons. The second-order valence-electron chi connectivity index (χ2n) is 6.06. The maximum absolute atomic E-state index is 13.7. The van der Waals surface area contributed by atoms with E-state index in [1.165, 1.54) is 13.0 Å². The van der Waals surface area contributed by atoms with Crippen molar-refractivity contribution in [2.45, 2.75) is 20.0 Å². The van der Waals surface area contributed by atoms with Gasteiger partial charge in [0.2, 0.25) is 5.84 Å². The average Bonchev–Trinajstić information content (AvgIpc) is 2.87. The summed E-state index contributed by atoms with van der Waals surface area (Å²) < 4.78 is 41.2. The maximum atomic E-state index is 13.7. The first-order valence-electron chi connectivity index (χ1n) is 7.83. The number of ketones is 1. The van der Waals surface area contributed by atoms with Gasteiger partial charge in [-0.05, 0) is 19.9 Å². The third kappa shape index (κ3) is 2.96. The number of nitrogens with zero attached hydrogens (tertiary/aromatic N) is 4. The summed E-state index contributed by atoms with van der Waals surface area (Å²) in [5.41, 5.74) is 1.03. The van der Waals surface area contributed by atoms with Crippen LogP contribution in [0.5, 0.6) is 0 Å². The third-order valence-electron chi connectivity index (χ3n) is 4.15. The molecule has 0 saturated carbocycles. The van der Waals surface area contributed by atoms with Crippen LogP contribution in [0.1, 0.15) is 23.5 Å². The topological polar surface area (TPSA) is 48.8 Å². The lowest BCUT2D eigenvalue weighted by Crippen LogP contribution is -2.41. The van der Waals surface area contributed by atoms with Crippen LogP contribution < -0.4 is 4.90 Å². The number of anilines is 1. The Morgan fingerprint density at radius 3 is 2.65 bits per heavy atom. The number of Topliss-reactive ketones (excluding diaryl/α,β-unsaturated/α-hetero) is 1. The molecule has 0 fully saturated rings. The smallest absolute Gasteiger partial charge is 0.377 e. The Bertz CT molecular complexity index is 943. The number of aliphatic imine (C=N–C) groups is 1. The van der Waals surface area contributed by atoms with Gasteiger partial charge < -0.3 is 9.80 Å². The number of thiophene rings is 1. The summed E-state index contributed by atoms with van der Waals surface area (Å²) in [6.07, 6.45) is -1.59. The van der Waals surface area contributed by atoms with Crippen molar-refractivity contribution in [2.75, 3.05) is 25.5 Å². The highest BCUT2D eigenvalue weighted by Crippen LogP contribution is 2.44. The van der Waals surface area contributed by atoms with E-state index in [-0.39, 0.29) is 10.6 Å². The summed E-state index contributed by atoms with van der Waals surface area (Å²) in [4.78, 5) is 24.3. The number of hydrogen-bond donors (Lipinski definition) is 0. The number of alkyl halides is 3. The largest absolute Gasteiger partial charge is 0.449 e. The van der Waals surface area contributed by atoms with E-state index in [0.717, 1.165) is 16.2 Å². The SMILES string of the molecule is C/C=C(\C)N1CC(=O)c2sc3nccc(N(C)C)c3c2N=C1C(F)(F)F. The number of rotatable bonds is 2. The van der Waals surface area contributed by atoms with E-state index in [9.17, 15) is 18.0 Å². The Balaban J connectivity index is 2.37. The summed E-state index contributed by atoms with van der Waals surface area (Å²) >= 11 is 1.08. The highest BCUT2D eigenvalue weighted by atomic mass is 32.1. The second-order valence-corrected chi connectivity index (χ2v) is 7.06. The van der Waals surface area contributed by atoms with Gasteiger partial charge in [0.05, 0.1) is 23.3 Å². The van der Waals surface area contributed by atoms with Gasteiger partial charge in [-0.15, -0.1) is 11.3 Å². The van der Waals surface area contributed by atoms with Crippen molar-refractivity contribution < 1.29 is 18.0 Å². The zero-order valence-electron chi connectivity index (χ0n) is 14.7. The highest BCUT2D eigenvalue weighted by molar-refractivity contribution is 7.21. The number of allylic oxidation sites excluding steroid dienone is 2. The molecule has 1 aliphatic heterocycles. The molecule has 0 atom stereocenters. The lowest BCUT2D eigenvalue weighted by molar-refractivity contribution is -0.0669. The van der Waals surface area contributed by atoms with Crippen LogP contribution in [0.3, 0.4) is 0 Å². The Morgan fingerprint density at radius 2 is 2.08 bits per heavy atom. The number of pyridine rings is 1. The van der Waals surface area contributed by atoms with Crippen LogP contribution in [0.25, 0.3) is 10.2 Å². The van der Waals surface area contributed by atoms with Gasteiger partial charge in [-0.1, -0.05) is 6.08 Å². The molecule has 0 unspecified atom stereocenters. The molecule has 9 heteroatoms. The van der Waals surface area contributed by atoms with Gasteiger partial charge in [-0.25, -0.2) is 9.98 Å². The fourth-order valence-electron chi connectivity index (χ4n) is 2.78. The van der Waals surface area contributed by atoms with Gasteiger partial charge >= 0.3 is 6.18 Å². The van der Waals surface area contributed by atoms with E-state index in [4.69, 9.17) is 0 Å². The molecule has 0 spiro atoms. The number of carbonyl (C=O) groups excluding carboxylic acids is 1. The minimum atomic E-state index is -4.69. The lowest BCUT2D eigenvalue weighted by Gasteiger charge is -2.25. The van der Waals surface area contributed by atoms with Crippen LogP contribution in [0, 0.1) is 0 Å². The normalized spacial score (nSPS) is 15.8. The Hall–Kier alpha value is -2.42. The summed E-state index contributed by atoms with van der Waals surface area (Å²) in [7, 11) is 3.56. The molecule has 3 rings (SSSR count). The van der Waals surface area contributed by atoms with E-state index in [1.807, 2.05) is 0 Å². The van der Waals surface area contributed by atoms with Crippen LogP contribution in [-0.4, -0.2) is 48.3 Å². The monoisotopic (exact) mass is 382 g/mol. The molecule has 0 bridgehead atoms. The molecule has 2 aromatic heterocycles. The molecule has 3 heterocycles. The molecule has 138 valence electrons. The van der Waals surface area contributed by atoms with E-state index < -0.39 is 24.3 Å².